The summed E-state index contributed by atoms with van der Waals surface area (Å²) in [6, 6.07) is 43.7. The number of ether oxygens (including phenoxy) is 4. The molecule has 0 bridgehead atoms. The van der Waals surface area contributed by atoms with E-state index in [1.54, 1.807) is 7.11 Å². The molecule has 0 saturated heterocycles. The smallest absolute Gasteiger partial charge is 0.146 e. The highest BCUT2D eigenvalue weighted by Gasteiger charge is 2.09. The van der Waals surface area contributed by atoms with Crippen molar-refractivity contribution in [2.24, 2.45) is 0 Å². The van der Waals surface area contributed by atoms with E-state index in [-0.39, 0.29) is 0 Å². The largest absolute Gasteiger partial charge is 0.489 e. The number of unbranched alkanes of at least 4 members (excludes halogenated alkanes) is 1. The zero-order valence-corrected chi connectivity index (χ0v) is 27.3. The average molecular weight is 615 g/mol. The Morgan fingerprint density at radius 1 is 0.478 bits per heavy atom. The summed E-state index contributed by atoms with van der Waals surface area (Å²) in [6.45, 7) is 4.92. The molecule has 0 fully saturated rings. The van der Waals surface area contributed by atoms with Crippen molar-refractivity contribution in [3.05, 3.63) is 138 Å². The Hall–Kier alpha value is -4.22. The molecule has 4 heteroatoms. The van der Waals surface area contributed by atoms with E-state index in [2.05, 4.69) is 110 Å². The molecule has 5 rings (SSSR count). The summed E-state index contributed by atoms with van der Waals surface area (Å²) in [4.78, 5) is 0. The molecule has 0 aromatic heterocycles. The molecule has 0 N–H and O–H groups in total. The SMILES string of the molecule is CCCCc1ccc(-c2cc(-c3ccc(CCCOCOCCOC)cc3)cc(-c3ccc(OCc4ccccc4)cc3)c2)cc1. The van der Waals surface area contributed by atoms with Gasteiger partial charge in [0.2, 0.25) is 0 Å². The van der Waals surface area contributed by atoms with Crippen LogP contribution < -0.4 is 4.74 Å². The quantitative estimate of drug-likeness (QED) is 0.0727. The molecule has 5 aromatic rings. The van der Waals surface area contributed by atoms with E-state index in [1.165, 1.54) is 51.8 Å². The zero-order valence-electron chi connectivity index (χ0n) is 27.3. The Bertz CT molecular complexity index is 1580. The number of benzene rings is 5. The van der Waals surface area contributed by atoms with Gasteiger partial charge in [-0.3, -0.25) is 0 Å². The van der Waals surface area contributed by atoms with Gasteiger partial charge >= 0.3 is 0 Å². The Balaban J connectivity index is 1.32. The van der Waals surface area contributed by atoms with Crippen LogP contribution in [0, 0.1) is 0 Å². The molecule has 4 nitrogen and oxygen atoms in total. The third-order valence-corrected chi connectivity index (χ3v) is 8.12. The first kappa shape index (κ1) is 33.2. The summed E-state index contributed by atoms with van der Waals surface area (Å²) in [5, 5.41) is 0. The highest BCUT2D eigenvalue weighted by Crippen LogP contribution is 2.34. The maximum absolute atomic E-state index is 6.06. The summed E-state index contributed by atoms with van der Waals surface area (Å²) in [5.74, 6) is 0.867. The van der Waals surface area contributed by atoms with E-state index in [0.29, 0.717) is 33.2 Å². The van der Waals surface area contributed by atoms with E-state index >= 15 is 0 Å². The first-order chi connectivity index (χ1) is 22.7. The van der Waals surface area contributed by atoms with Crippen LogP contribution in [0.4, 0.5) is 0 Å². The lowest BCUT2D eigenvalue weighted by atomic mass is 9.92. The fraction of sp³-hybridized carbons (Fsp3) is 0.286. The minimum absolute atomic E-state index is 0.311. The van der Waals surface area contributed by atoms with Gasteiger partial charge in [-0.2, -0.15) is 0 Å². The first-order valence-corrected chi connectivity index (χ1v) is 16.5. The lowest BCUT2D eigenvalue weighted by molar-refractivity contribution is -0.0660. The van der Waals surface area contributed by atoms with Gasteiger partial charge in [-0.05, 0) is 106 Å². The molecule has 0 atom stereocenters. The van der Waals surface area contributed by atoms with E-state index in [4.69, 9.17) is 18.9 Å². The standard InChI is InChI=1S/C42H46O4/c1-3-4-9-33-13-17-36(18-14-33)39-28-40(37-19-15-34(16-20-37)12-8-25-44-32-45-27-26-43-2)30-41(29-39)38-21-23-42(24-22-38)46-31-35-10-6-5-7-11-35/h5-7,10-11,13-24,28-30H,3-4,8-9,12,25-27,31-32H2,1-2H3. The van der Waals surface area contributed by atoms with Crippen molar-refractivity contribution < 1.29 is 18.9 Å². The molecule has 0 saturated carbocycles. The summed E-state index contributed by atoms with van der Waals surface area (Å²) in [5.41, 5.74) is 11.1. The summed E-state index contributed by atoms with van der Waals surface area (Å²) in [7, 11) is 1.67. The van der Waals surface area contributed by atoms with Crippen LogP contribution in [0.3, 0.4) is 0 Å². The summed E-state index contributed by atoms with van der Waals surface area (Å²) in [6.07, 6.45) is 5.47. The maximum Gasteiger partial charge on any atom is 0.146 e. The average Bonchev–Trinajstić information content (AvgIpc) is 3.12. The molecule has 238 valence electrons. The molecule has 0 amide bonds. The van der Waals surface area contributed by atoms with Gasteiger partial charge in [-0.1, -0.05) is 104 Å². The topological polar surface area (TPSA) is 36.9 Å². The molecule has 0 aliphatic heterocycles. The van der Waals surface area contributed by atoms with Crippen LogP contribution in [-0.2, 0) is 33.7 Å². The third kappa shape index (κ3) is 10.1. The number of rotatable bonds is 18. The fourth-order valence-electron chi connectivity index (χ4n) is 5.42. The van der Waals surface area contributed by atoms with Crippen LogP contribution >= 0.6 is 0 Å². The van der Waals surface area contributed by atoms with Gasteiger partial charge in [-0.15, -0.1) is 0 Å². The lowest BCUT2D eigenvalue weighted by Crippen LogP contribution is -2.06. The highest BCUT2D eigenvalue weighted by atomic mass is 16.7. The molecule has 5 aromatic carbocycles. The predicted octanol–water partition coefficient (Wildman–Crippen LogP) is 10.2. The van der Waals surface area contributed by atoms with Crippen molar-refractivity contribution in [3.63, 3.8) is 0 Å². The number of hydrogen-bond donors (Lipinski definition) is 0. The van der Waals surface area contributed by atoms with E-state index in [0.717, 1.165) is 36.1 Å². The molecule has 46 heavy (non-hydrogen) atoms. The van der Waals surface area contributed by atoms with Crippen molar-refractivity contribution in [2.45, 2.75) is 45.6 Å². The number of aryl methyl sites for hydroxylation is 2. The van der Waals surface area contributed by atoms with E-state index in [1.807, 2.05) is 18.2 Å². The van der Waals surface area contributed by atoms with Crippen LogP contribution in [0.5, 0.6) is 5.75 Å². The second kappa shape index (κ2) is 18.1. The summed E-state index contributed by atoms with van der Waals surface area (Å²) >= 11 is 0. The van der Waals surface area contributed by atoms with Crippen LogP contribution in [0.1, 0.15) is 42.9 Å². The van der Waals surface area contributed by atoms with Crippen LogP contribution in [0.2, 0.25) is 0 Å². The zero-order chi connectivity index (χ0) is 31.8. The fourth-order valence-corrected chi connectivity index (χ4v) is 5.42. The van der Waals surface area contributed by atoms with E-state index in [9.17, 15) is 0 Å². The monoisotopic (exact) mass is 614 g/mol. The molecular formula is C42H46O4. The van der Waals surface area contributed by atoms with Crippen molar-refractivity contribution in [1.82, 2.24) is 0 Å². The van der Waals surface area contributed by atoms with Gasteiger partial charge in [0.05, 0.1) is 13.2 Å². The normalized spacial score (nSPS) is 11.1. The second-order valence-electron chi connectivity index (χ2n) is 11.6. The van der Waals surface area contributed by atoms with Crippen molar-refractivity contribution >= 4 is 0 Å². The van der Waals surface area contributed by atoms with Crippen LogP contribution in [0.25, 0.3) is 33.4 Å². The number of hydrogen-bond acceptors (Lipinski definition) is 4. The molecule has 0 radical (unpaired) electrons. The highest BCUT2D eigenvalue weighted by molar-refractivity contribution is 5.81. The minimum Gasteiger partial charge on any atom is -0.489 e. The van der Waals surface area contributed by atoms with Gasteiger partial charge in [0, 0.05) is 13.7 Å². The van der Waals surface area contributed by atoms with Gasteiger partial charge in [0.25, 0.3) is 0 Å². The maximum atomic E-state index is 6.06. The van der Waals surface area contributed by atoms with Gasteiger partial charge < -0.3 is 18.9 Å². The molecule has 0 unspecified atom stereocenters. The van der Waals surface area contributed by atoms with Gasteiger partial charge in [0.15, 0.2) is 0 Å². The lowest BCUT2D eigenvalue weighted by Gasteiger charge is -2.13. The van der Waals surface area contributed by atoms with Gasteiger partial charge in [-0.25, -0.2) is 0 Å². The Kier molecular flexibility index (Phi) is 13.0. The predicted molar refractivity (Wildman–Crippen MR) is 189 cm³/mol. The van der Waals surface area contributed by atoms with Crippen molar-refractivity contribution in [3.8, 4) is 39.1 Å². The Labute approximate surface area is 274 Å². The van der Waals surface area contributed by atoms with Crippen molar-refractivity contribution in [1.29, 1.82) is 0 Å². The van der Waals surface area contributed by atoms with Gasteiger partial charge in [0.1, 0.15) is 19.1 Å². The molecule has 0 aliphatic rings. The Morgan fingerprint density at radius 3 is 1.54 bits per heavy atom. The Morgan fingerprint density at radius 2 is 1.00 bits per heavy atom. The minimum atomic E-state index is 0.311. The van der Waals surface area contributed by atoms with Crippen LogP contribution in [0.15, 0.2) is 121 Å². The summed E-state index contributed by atoms with van der Waals surface area (Å²) < 4.78 is 22.0. The molecule has 0 spiro atoms. The first-order valence-electron chi connectivity index (χ1n) is 16.5. The molecular weight excluding hydrogens is 568 g/mol. The third-order valence-electron chi connectivity index (χ3n) is 8.12. The second-order valence-corrected chi connectivity index (χ2v) is 11.6. The van der Waals surface area contributed by atoms with Crippen molar-refractivity contribution in [2.75, 3.05) is 33.7 Å². The number of methoxy groups -OCH3 is 1. The van der Waals surface area contributed by atoms with E-state index < -0.39 is 0 Å². The molecule has 0 heterocycles. The molecule has 0 aliphatic carbocycles. The van der Waals surface area contributed by atoms with Crippen LogP contribution in [-0.4, -0.2) is 33.7 Å².